The zero-order valence-corrected chi connectivity index (χ0v) is 19.0. The lowest BCUT2D eigenvalue weighted by molar-refractivity contribution is -0.137. The predicted molar refractivity (Wildman–Crippen MR) is 126 cm³/mol. The van der Waals surface area contributed by atoms with Gasteiger partial charge in [-0.1, -0.05) is 74.5 Å². The zero-order chi connectivity index (χ0) is 23.2. The number of carbonyl (C=O) groups is 1. The monoisotopic (exact) mass is 456 g/mol. The largest absolute Gasteiger partial charge is 0.416 e. The van der Waals surface area contributed by atoms with Crippen molar-refractivity contribution >= 4 is 5.91 Å². The van der Waals surface area contributed by atoms with Crippen LogP contribution < -0.4 is 11.5 Å². The van der Waals surface area contributed by atoms with E-state index in [9.17, 15) is 18.0 Å². The summed E-state index contributed by atoms with van der Waals surface area (Å²) in [4.78, 5) is 12.8. The fourth-order valence-corrected chi connectivity index (χ4v) is 3.77. The Morgan fingerprint density at radius 2 is 1.39 bits per heavy atom. The number of hydrogen-bond donors (Lipinski definition) is 2. The second-order valence-corrected chi connectivity index (χ2v) is 8.87. The summed E-state index contributed by atoms with van der Waals surface area (Å²) in [7, 11) is 0. The molecular weight excluding hydrogens is 425 g/mol. The van der Waals surface area contributed by atoms with Crippen LogP contribution >= 0.6 is 0 Å². The minimum atomic E-state index is -4.39. The zero-order valence-electron chi connectivity index (χ0n) is 19.0. The fourth-order valence-electron chi connectivity index (χ4n) is 3.77. The quantitative estimate of drug-likeness (QED) is 0.371. The first-order valence-electron chi connectivity index (χ1n) is 10.7. The van der Waals surface area contributed by atoms with Crippen molar-refractivity contribution in [1.82, 2.24) is 11.5 Å². The highest BCUT2D eigenvalue weighted by Gasteiger charge is 2.31. The van der Waals surface area contributed by atoms with E-state index in [0.29, 0.717) is 17.5 Å². The second kappa shape index (κ2) is 11.1. The summed E-state index contributed by atoms with van der Waals surface area (Å²) in [5, 5.41) is 3.04. The molecule has 0 aromatic heterocycles. The Labute approximate surface area is 193 Å². The maximum Gasteiger partial charge on any atom is 0.416 e. The molecule has 0 aliphatic carbocycles. The standard InChI is InChI=1S/C27H28F3NO.H3N/c1-26(2,18-17-20-9-5-3-6-10-20)19-24(31-25(32)22-11-7-4-8-12-22)21-13-15-23(16-14-21)27(28,29)30;/h3-16,24H,17-19H2,1-2H3,(H,31,32);1H3. The molecule has 4 N–H and O–H groups in total. The normalized spacial score (nSPS) is 12.5. The molecule has 0 saturated heterocycles. The van der Waals surface area contributed by atoms with Crippen molar-refractivity contribution in [3.8, 4) is 0 Å². The number of aryl methyl sites for hydroxylation is 1. The highest BCUT2D eigenvalue weighted by molar-refractivity contribution is 5.94. The molecule has 0 radical (unpaired) electrons. The van der Waals surface area contributed by atoms with Gasteiger partial charge in [0.1, 0.15) is 0 Å². The Bertz CT molecular complexity index is 1000. The molecule has 3 aromatic rings. The number of benzene rings is 3. The smallest absolute Gasteiger partial charge is 0.345 e. The topological polar surface area (TPSA) is 64.1 Å². The molecule has 1 amide bonds. The van der Waals surface area contributed by atoms with E-state index in [-0.39, 0.29) is 17.5 Å². The molecular formula is C27H31F3N2O. The molecule has 0 aliphatic rings. The van der Waals surface area contributed by atoms with Gasteiger partial charge in [-0.2, -0.15) is 13.2 Å². The minimum absolute atomic E-state index is 0. The fraction of sp³-hybridized carbons (Fsp3) is 0.296. The van der Waals surface area contributed by atoms with Crippen LogP contribution in [0.1, 0.15) is 59.8 Å². The van der Waals surface area contributed by atoms with Crippen molar-refractivity contribution in [2.45, 2.75) is 45.3 Å². The minimum Gasteiger partial charge on any atom is -0.345 e. The summed E-state index contributed by atoms with van der Waals surface area (Å²) in [6.07, 6.45) is -2.02. The van der Waals surface area contributed by atoms with Gasteiger partial charge in [-0.25, -0.2) is 0 Å². The van der Waals surface area contributed by atoms with Crippen molar-refractivity contribution in [2.75, 3.05) is 0 Å². The molecule has 3 rings (SSSR count). The summed E-state index contributed by atoms with van der Waals surface area (Å²) in [6.45, 7) is 4.25. The highest BCUT2D eigenvalue weighted by Crippen LogP contribution is 2.36. The first-order chi connectivity index (χ1) is 15.1. The predicted octanol–water partition coefficient (Wildman–Crippen LogP) is 7.39. The number of alkyl halides is 3. The van der Waals surface area contributed by atoms with E-state index in [0.717, 1.165) is 25.0 Å². The Morgan fingerprint density at radius 3 is 1.94 bits per heavy atom. The number of halogens is 3. The third kappa shape index (κ3) is 7.75. The van der Waals surface area contributed by atoms with Crippen LogP contribution in [0.15, 0.2) is 84.9 Å². The molecule has 176 valence electrons. The van der Waals surface area contributed by atoms with Crippen molar-refractivity contribution in [3.63, 3.8) is 0 Å². The molecule has 0 bridgehead atoms. The molecule has 3 aromatic carbocycles. The van der Waals surface area contributed by atoms with Crippen molar-refractivity contribution in [1.29, 1.82) is 0 Å². The van der Waals surface area contributed by atoms with Gasteiger partial charge in [-0.3, -0.25) is 4.79 Å². The summed E-state index contributed by atoms with van der Waals surface area (Å²) in [5.41, 5.74) is 1.58. The van der Waals surface area contributed by atoms with Gasteiger partial charge in [-0.05, 0) is 60.1 Å². The van der Waals surface area contributed by atoms with Gasteiger partial charge in [0.2, 0.25) is 0 Å². The van der Waals surface area contributed by atoms with Crippen molar-refractivity contribution in [2.24, 2.45) is 5.41 Å². The van der Waals surface area contributed by atoms with Crippen molar-refractivity contribution in [3.05, 3.63) is 107 Å². The van der Waals surface area contributed by atoms with E-state index >= 15 is 0 Å². The third-order valence-electron chi connectivity index (χ3n) is 5.67. The molecule has 3 nitrogen and oxygen atoms in total. The van der Waals surface area contributed by atoms with Crippen LogP contribution in [-0.4, -0.2) is 5.91 Å². The van der Waals surface area contributed by atoms with E-state index < -0.39 is 17.8 Å². The lowest BCUT2D eigenvalue weighted by Gasteiger charge is -2.31. The molecule has 0 spiro atoms. The summed E-state index contributed by atoms with van der Waals surface area (Å²) < 4.78 is 39.0. The average Bonchev–Trinajstić information content (AvgIpc) is 2.78. The van der Waals surface area contributed by atoms with Gasteiger partial charge in [0.25, 0.3) is 5.91 Å². The first-order valence-corrected chi connectivity index (χ1v) is 10.7. The van der Waals surface area contributed by atoms with Crippen molar-refractivity contribution < 1.29 is 18.0 Å². The number of amides is 1. The van der Waals surface area contributed by atoms with E-state index in [1.807, 2.05) is 24.3 Å². The van der Waals surface area contributed by atoms with Gasteiger partial charge >= 0.3 is 6.18 Å². The molecule has 0 heterocycles. The number of carbonyl (C=O) groups excluding carboxylic acids is 1. The molecule has 0 fully saturated rings. The van der Waals surface area contributed by atoms with Crippen LogP contribution in [-0.2, 0) is 12.6 Å². The Morgan fingerprint density at radius 1 is 0.848 bits per heavy atom. The highest BCUT2D eigenvalue weighted by atomic mass is 19.4. The Hall–Kier alpha value is -3.12. The van der Waals surface area contributed by atoms with E-state index in [4.69, 9.17) is 0 Å². The maximum atomic E-state index is 13.0. The van der Waals surface area contributed by atoms with Gasteiger partial charge in [0.15, 0.2) is 0 Å². The van der Waals surface area contributed by atoms with Gasteiger partial charge < -0.3 is 11.5 Å². The van der Waals surface area contributed by atoms with Gasteiger partial charge in [0, 0.05) is 5.56 Å². The van der Waals surface area contributed by atoms with Gasteiger partial charge in [0.05, 0.1) is 11.6 Å². The molecule has 33 heavy (non-hydrogen) atoms. The van der Waals surface area contributed by atoms with E-state index in [2.05, 4.69) is 31.3 Å². The summed E-state index contributed by atoms with van der Waals surface area (Å²) in [5.74, 6) is -0.241. The molecule has 0 saturated carbocycles. The maximum absolute atomic E-state index is 13.0. The number of rotatable bonds is 8. The second-order valence-electron chi connectivity index (χ2n) is 8.87. The van der Waals surface area contributed by atoms with Crippen LogP contribution in [0, 0.1) is 5.41 Å². The number of nitrogens with one attached hydrogen (secondary N) is 1. The average molecular weight is 457 g/mol. The molecule has 6 heteroatoms. The number of hydrogen-bond acceptors (Lipinski definition) is 2. The van der Waals surface area contributed by atoms with E-state index in [1.165, 1.54) is 17.7 Å². The van der Waals surface area contributed by atoms with Crippen LogP contribution in [0.2, 0.25) is 0 Å². The Balaban J connectivity index is 0.00000385. The first kappa shape index (κ1) is 26.1. The lowest BCUT2D eigenvalue weighted by atomic mass is 9.79. The van der Waals surface area contributed by atoms with Gasteiger partial charge in [-0.15, -0.1) is 0 Å². The van der Waals surface area contributed by atoms with Crippen LogP contribution in [0.5, 0.6) is 0 Å². The third-order valence-corrected chi connectivity index (χ3v) is 5.67. The SMILES string of the molecule is CC(C)(CCc1ccccc1)CC(NC(=O)c1ccccc1)c1ccc(C(F)(F)F)cc1.N. The summed E-state index contributed by atoms with van der Waals surface area (Å²) in [6, 6.07) is 23.7. The summed E-state index contributed by atoms with van der Waals surface area (Å²) >= 11 is 0. The van der Waals surface area contributed by atoms with Crippen LogP contribution in [0.4, 0.5) is 13.2 Å². The van der Waals surface area contributed by atoms with E-state index in [1.54, 1.807) is 24.3 Å². The molecule has 1 atom stereocenters. The molecule has 0 aliphatic heterocycles. The van der Waals surface area contributed by atoms with Crippen LogP contribution in [0.3, 0.4) is 0 Å². The van der Waals surface area contributed by atoms with Crippen LogP contribution in [0.25, 0.3) is 0 Å². The Kier molecular flexibility index (Phi) is 8.83. The lowest BCUT2D eigenvalue weighted by Crippen LogP contribution is -2.32. The molecule has 1 unspecified atom stereocenters.